The number of hydrogen-bond donors (Lipinski definition) is 1. The molecule has 0 amide bonds. The highest BCUT2D eigenvalue weighted by Gasteiger charge is 2.16. The highest BCUT2D eigenvalue weighted by Crippen LogP contribution is 2.26. The molecular weight excluding hydrogens is 368 g/mol. The molecule has 0 radical (unpaired) electrons. The van der Waals surface area contributed by atoms with Gasteiger partial charge in [-0.15, -0.1) is 5.10 Å². The van der Waals surface area contributed by atoms with Crippen molar-refractivity contribution < 1.29 is 4.74 Å². The van der Waals surface area contributed by atoms with Gasteiger partial charge < -0.3 is 14.6 Å². The van der Waals surface area contributed by atoms with Crippen molar-refractivity contribution in [3.63, 3.8) is 0 Å². The van der Waals surface area contributed by atoms with Crippen molar-refractivity contribution in [2.75, 3.05) is 31.2 Å². The van der Waals surface area contributed by atoms with E-state index in [0.717, 1.165) is 48.7 Å². The zero-order valence-corrected chi connectivity index (χ0v) is 15.8. The molecule has 1 saturated heterocycles. The van der Waals surface area contributed by atoms with E-state index in [1.54, 1.807) is 23.1 Å². The van der Waals surface area contributed by atoms with Crippen LogP contribution in [0.25, 0.3) is 27.8 Å². The lowest BCUT2D eigenvalue weighted by Crippen LogP contribution is -2.28. The van der Waals surface area contributed by atoms with Crippen LogP contribution in [0.3, 0.4) is 0 Å². The number of nitrogens with one attached hydrogen (secondary N) is 1. The Hall–Kier alpha value is -3.52. The summed E-state index contributed by atoms with van der Waals surface area (Å²) in [5, 5.41) is 9.21. The first-order chi connectivity index (χ1) is 14.3. The van der Waals surface area contributed by atoms with Gasteiger partial charge in [-0.2, -0.15) is 0 Å². The number of pyridine rings is 2. The lowest BCUT2D eigenvalue weighted by molar-refractivity contribution is 0.152. The second-order valence-corrected chi connectivity index (χ2v) is 6.95. The quantitative estimate of drug-likeness (QED) is 0.580. The second-order valence-electron chi connectivity index (χ2n) is 6.95. The molecule has 1 aliphatic rings. The van der Waals surface area contributed by atoms with Gasteiger partial charge >= 0.3 is 0 Å². The van der Waals surface area contributed by atoms with Crippen LogP contribution >= 0.6 is 0 Å². The van der Waals surface area contributed by atoms with Crippen LogP contribution in [0.1, 0.15) is 6.42 Å². The van der Waals surface area contributed by atoms with Gasteiger partial charge in [0.2, 0.25) is 0 Å². The summed E-state index contributed by atoms with van der Waals surface area (Å²) in [4.78, 5) is 22.5. The van der Waals surface area contributed by atoms with E-state index in [1.165, 1.54) is 0 Å². The molecule has 1 N–H and O–H groups in total. The van der Waals surface area contributed by atoms with Gasteiger partial charge in [0.1, 0.15) is 11.5 Å². The van der Waals surface area contributed by atoms with Gasteiger partial charge in [-0.05, 0) is 24.6 Å². The van der Waals surface area contributed by atoms with E-state index < -0.39 is 0 Å². The van der Waals surface area contributed by atoms with Gasteiger partial charge in [-0.3, -0.25) is 9.78 Å². The maximum atomic E-state index is 12.8. The summed E-state index contributed by atoms with van der Waals surface area (Å²) in [5.74, 6) is 0.807. The fraction of sp³-hybridized carbons (Fsp3) is 0.238. The summed E-state index contributed by atoms with van der Waals surface area (Å²) in [6.07, 6.45) is 6.21. The van der Waals surface area contributed by atoms with Crippen molar-refractivity contribution >= 4 is 16.7 Å². The average molecular weight is 388 g/mol. The summed E-state index contributed by atoms with van der Waals surface area (Å²) in [6, 6.07) is 11.1. The average Bonchev–Trinajstić information content (AvgIpc) is 3.09. The van der Waals surface area contributed by atoms with Crippen LogP contribution in [0.4, 0.5) is 5.82 Å². The largest absolute Gasteiger partial charge is 0.380 e. The molecule has 1 fully saturated rings. The van der Waals surface area contributed by atoms with E-state index in [-0.39, 0.29) is 5.43 Å². The lowest BCUT2D eigenvalue weighted by atomic mass is 10.1. The molecule has 0 unspecified atom stereocenters. The van der Waals surface area contributed by atoms with E-state index >= 15 is 0 Å². The lowest BCUT2D eigenvalue weighted by Gasteiger charge is -2.22. The van der Waals surface area contributed by atoms with Crippen molar-refractivity contribution in [2.45, 2.75) is 6.42 Å². The number of fused-ring (bicyclic) bond motifs is 1. The van der Waals surface area contributed by atoms with Gasteiger partial charge in [0.05, 0.1) is 24.0 Å². The molecule has 4 heterocycles. The molecule has 0 spiro atoms. The molecule has 146 valence electrons. The molecule has 29 heavy (non-hydrogen) atoms. The number of aromatic amines is 1. The van der Waals surface area contributed by atoms with Gasteiger partial charge in [0.15, 0.2) is 5.43 Å². The van der Waals surface area contributed by atoms with Crippen LogP contribution in [0.2, 0.25) is 0 Å². The number of aromatic nitrogens is 5. The molecule has 8 nitrogen and oxygen atoms in total. The molecule has 4 aromatic rings. The fourth-order valence-corrected chi connectivity index (χ4v) is 3.64. The third-order valence-corrected chi connectivity index (χ3v) is 5.11. The monoisotopic (exact) mass is 388 g/mol. The van der Waals surface area contributed by atoms with Crippen LogP contribution in [-0.4, -0.2) is 51.3 Å². The summed E-state index contributed by atoms with van der Waals surface area (Å²) in [7, 11) is 0. The first-order valence-electron chi connectivity index (χ1n) is 9.61. The number of H-pyrrole nitrogens is 1. The van der Waals surface area contributed by atoms with E-state index in [2.05, 4.69) is 25.2 Å². The minimum atomic E-state index is -0.0118. The Morgan fingerprint density at radius 1 is 1.07 bits per heavy atom. The topological polar surface area (TPSA) is 88.9 Å². The Labute approximate surface area is 166 Å². The number of rotatable bonds is 3. The number of hydrogen-bond acceptors (Lipinski definition) is 6. The highest BCUT2D eigenvalue weighted by molar-refractivity contribution is 5.93. The number of para-hydroxylation sites is 1. The highest BCUT2D eigenvalue weighted by atomic mass is 16.5. The zero-order chi connectivity index (χ0) is 19.6. The van der Waals surface area contributed by atoms with Crippen LogP contribution in [0.15, 0.2) is 59.8 Å². The Balaban J connectivity index is 1.61. The van der Waals surface area contributed by atoms with E-state index in [9.17, 15) is 4.79 Å². The fourth-order valence-electron chi connectivity index (χ4n) is 3.64. The molecule has 5 rings (SSSR count). The smallest absolute Gasteiger partial charge is 0.191 e. The third kappa shape index (κ3) is 3.38. The Morgan fingerprint density at radius 3 is 2.86 bits per heavy atom. The maximum Gasteiger partial charge on any atom is 0.191 e. The summed E-state index contributed by atoms with van der Waals surface area (Å²) < 4.78 is 7.24. The molecule has 0 atom stereocenters. The van der Waals surface area contributed by atoms with Crippen LogP contribution in [0.5, 0.6) is 0 Å². The summed E-state index contributed by atoms with van der Waals surface area (Å²) >= 11 is 0. The minimum Gasteiger partial charge on any atom is -0.380 e. The molecule has 3 aromatic heterocycles. The Kier molecular flexibility index (Phi) is 4.53. The normalized spacial score (nSPS) is 14.8. The number of ether oxygens (including phenoxy) is 1. The van der Waals surface area contributed by atoms with Crippen molar-refractivity contribution in [2.24, 2.45) is 0 Å². The third-order valence-electron chi connectivity index (χ3n) is 5.11. The van der Waals surface area contributed by atoms with Crippen LogP contribution < -0.4 is 10.3 Å². The van der Waals surface area contributed by atoms with Crippen molar-refractivity contribution in [1.82, 2.24) is 25.0 Å². The van der Waals surface area contributed by atoms with Gasteiger partial charge in [0.25, 0.3) is 0 Å². The van der Waals surface area contributed by atoms with Crippen LogP contribution in [0, 0.1) is 0 Å². The number of nitrogens with zero attached hydrogens (tertiary/aromatic N) is 5. The molecule has 8 heteroatoms. The SMILES string of the molecule is O=c1cc(N2CCCOCC2)[nH]c2c(-c3cn(-c4ccncc4)nn3)cccc12. The predicted molar refractivity (Wildman–Crippen MR) is 110 cm³/mol. The first kappa shape index (κ1) is 17.6. The Morgan fingerprint density at radius 2 is 1.97 bits per heavy atom. The maximum absolute atomic E-state index is 12.8. The van der Waals surface area contributed by atoms with Crippen molar-refractivity contribution in [1.29, 1.82) is 0 Å². The number of anilines is 1. The number of benzene rings is 1. The molecule has 0 bridgehead atoms. The second kappa shape index (κ2) is 7.48. The molecular formula is C21H20N6O2. The van der Waals surface area contributed by atoms with Crippen LogP contribution in [-0.2, 0) is 4.74 Å². The van der Waals surface area contributed by atoms with E-state index in [1.807, 2.05) is 36.5 Å². The minimum absolute atomic E-state index is 0.0118. The predicted octanol–water partition coefficient (Wildman–Crippen LogP) is 2.40. The zero-order valence-electron chi connectivity index (χ0n) is 15.8. The standard InChI is InChI=1S/C21H20N6O2/c28-19-13-20(26-9-2-11-29-12-10-26)23-21-16(3-1-4-17(19)21)18-14-27(25-24-18)15-5-7-22-8-6-15/h1,3-8,13-14H,2,9-12H2,(H,23,28). The summed E-state index contributed by atoms with van der Waals surface area (Å²) in [6.45, 7) is 3.00. The van der Waals surface area contributed by atoms with E-state index in [0.29, 0.717) is 17.7 Å². The van der Waals surface area contributed by atoms with Crippen molar-refractivity contribution in [3.05, 3.63) is 65.2 Å². The molecule has 1 aromatic carbocycles. The van der Waals surface area contributed by atoms with Gasteiger partial charge in [0, 0.05) is 49.1 Å². The van der Waals surface area contributed by atoms with Crippen molar-refractivity contribution in [3.8, 4) is 16.9 Å². The molecule has 0 aliphatic carbocycles. The molecule has 1 aliphatic heterocycles. The summed E-state index contributed by atoms with van der Waals surface area (Å²) in [5.41, 5.74) is 3.16. The van der Waals surface area contributed by atoms with Gasteiger partial charge in [-0.1, -0.05) is 17.3 Å². The molecule has 0 saturated carbocycles. The van der Waals surface area contributed by atoms with Gasteiger partial charge in [-0.25, -0.2) is 4.68 Å². The Bertz CT molecular complexity index is 1190. The first-order valence-corrected chi connectivity index (χ1v) is 9.61. The van der Waals surface area contributed by atoms with E-state index in [4.69, 9.17) is 4.74 Å².